The molecule has 146 valence electrons. The van der Waals surface area contributed by atoms with E-state index in [-0.39, 0.29) is 12.5 Å². The number of ether oxygens (including phenoxy) is 2. The molecule has 0 saturated carbocycles. The first-order chi connectivity index (χ1) is 11.8. The SMILES string of the molecule is Cc1ccc(OC(C)C(=O)NC(C)(C)CNC(=O)OC(C)(C)C)c(Br)c1. The highest BCUT2D eigenvalue weighted by atomic mass is 79.9. The molecule has 0 fully saturated rings. The first-order valence-corrected chi connectivity index (χ1v) is 9.30. The maximum Gasteiger partial charge on any atom is 0.407 e. The molecule has 26 heavy (non-hydrogen) atoms. The number of halogens is 1. The average Bonchev–Trinajstić information content (AvgIpc) is 2.46. The Morgan fingerprint density at radius 1 is 1.19 bits per heavy atom. The number of aryl methyl sites for hydroxylation is 1. The van der Waals surface area contributed by atoms with Gasteiger partial charge in [0.1, 0.15) is 11.4 Å². The maximum absolute atomic E-state index is 12.4. The van der Waals surface area contributed by atoms with Gasteiger partial charge in [0.2, 0.25) is 0 Å². The van der Waals surface area contributed by atoms with Gasteiger partial charge in [-0.15, -0.1) is 0 Å². The largest absolute Gasteiger partial charge is 0.480 e. The molecule has 1 aromatic rings. The summed E-state index contributed by atoms with van der Waals surface area (Å²) in [4.78, 5) is 24.2. The van der Waals surface area contributed by atoms with Gasteiger partial charge in [-0.25, -0.2) is 4.79 Å². The minimum Gasteiger partial charge on any atom is -0.480 e. The Hall–Kier alpha value is -1.76. The highest BCUT2D eigenvalue weighted by Gasteiger charge is 2.26. The molecule has 2 amide bonds. The third-order valence-electron chi connectivity index (χ3n) is 3.30. The van der Waals surface area contributed by atoms with Crippen molar-refractivity contribution in [3.63, 3.8) is 0 Å². The van der Waals surface area contributed by atoms with Crippen LogP contribution in [0.25, 0.3) is 0 Å². The van der Waals surface area contributed by atoms with Crippen molar-refractivity contribution in [2.45, 2.75) is 65.7 Å². The number of carbonyl (C=O) groups is 2. The Labute approximate surface area is 164 Å². The lowest BCUT2D eigenvalue weighted by Crippen LogP contribution is -2.54. The zero-order valence-corrected chi connectivity index (χ0v) is 18.1. The Morgan fingerprint density at radius 3 is 2.35 bits per heavy atom. The van der Waals surface area contributed by atoms with E-state index in [0.717, 1.165) is 10.0 Å². The number of alkyl carbamates (subject to hydrolysis) is 1. The first-order valence-electron chi connectivity index (χ1n) is 8.51. The van der Waals surface area contributed by atoms with E-state index in [1.807, 2.05) is 39.0 Å². The maximum atomic E-state index is 12.4. The summed E-state index contributed by atoms with van der Waals surface area (Å²) in [5.74, 6) is 0.330. The highest BCUT2D eigenvalue weighted by molar-refractivity contribution is 9.10. The number of amides is 2. The molecule has 6 nitrogen and oxygen atoms in total. The van der Waals surface area contributed by atoms with Crippen LogP contribution in [0, 0.1) is 6.92 Å². The van der Waals surface area contributed by atoms with E-state index in [0.29, 0.717) is 5.75 Å². The van der Waals surface area contributed by atoms with Crippen LogP contribution in [0.4, 0.5) is 4.79 Å². The van der Waals surface area contributed by atoms with Crippen LogP contribution in [0.2, 0.25) is 0 Å². The fraction of sp³-hybridized carbons (Fsp3) is 0.579. The Bertz CT molecular complexity index is 653. The van der Waals surface area contributed by atoms with Gasteiger partial charge in [-0.3, -0.25) is 4.79 Å². The Kier molecular flexibility index (Phi) is 7.50. The summed E-state index contributed by atoms with van der Waals surface area (Å²) < 4.78 is 11.7. The van der Waals surface area contributed by atoms with Gasteiger partial charge in [-0.2, -0.15) is 0 Å². The van der Waals surface area contributed by atoms with Crippen LogP contribution in [0.3, 0.4) is 0 Å². The van der Waals surface area contributed by atoms with Crippen molar-refractivity contribution in [2.75, 3.05) is 6.54 Å². The summed E-state index contributed by atoms with van der Waals surface area (Å²) in [6.07, 6.45) is -1.21. The molecule has 0 bridgehead atoms. The van der Waals surface area contributed by atoms with Crippen molar-refractivity contribution < 1.29 is 19.1 Å². The van der Waals surface area contributed by atoms with Gasteiger partial charge >= 0.3 is 6.09 Å². The number of hydrogen-bond acceptors (Lipinski definition) is 4. The second-order valence-electron chi connectivity index (χ2n) is 7.92. The molecule has 0 aliphatic carbocycles. The van der Waals surface area contributed by atoms with Crippen LogP contribution >= 0.6 is 15.9 Å². The second kappa shape index (κ2) is 8.75. The van der Waals surface area contributed by atoms with Gasteiger partial charge in [-0.05, 0) is 82.1 Å². The lowest BCUT2D eigenvalue weighted by molar-refractivity contribution is -0.128. The lowest BCUT2D eigenvalue weighted by Gasteiger charge is -2.29. The summed E-state index contributed by atoms with van der Waals surface area (Å²) in [5.41, 5.74) is -0.132. The fourth-order valence-corrected chi connectivity index (χ4v) is 2.62. The van der Waals surface area contributed by atoms with Crippen molar-refractivity contribution in [3.8, 4) is 5.75 Å². The number of benzene rings is 1. The number of hydrogen-bond donors (Lipinski definition) is 2. The molecule has 0 aliphatic heterocycles. The van der Waals surface area contributed by atoms with Crippen LogP contribution < -0.4 is 15.4 Å². The molecule has 0 radical (unpaired) electrons. The summed E-state index contributed by atoms with van der Waals surface area (Å²) in [5, 5.41) is 5.54. The molecule has 1 atom stereocenters. The van der Waals surface area contributed by atoms with Crippen LogP contribution in [0.1, 0.15) is 47.1 Å². The van der Waals surface area contributed by atoms with E-state index in [1.54, 1.807) is 27.7 Å². The van der Waals surface area contributed by atoms with Gasteiger partial charge < -0.3 is 20.1 Å². The third kappa shape index (κ3) is 8.08. The number of nitrogens with one attached hydrogen (secondary N) is 2. The van der Waals surface area contributed by atoms with Gasteiger partial charge in [0.05, 0.1) is 10.0 Å². The van der Waals surface area contributed by atoms with Crippen molar-refractivity contribution >= 4 is 27.9 Å². The number of carbonyl (C=O) groups excluding carboxylic acids is 2. The minimum absolute atomic E-state index is 0.231. The van der Waals surface area contributed by atoms with E-state index < -0.39 is 23.3 Å². The molecule has 7 heteroatoms. The van der Waals surface area contributed by atoms with Crippen molar-refractivity contribution in [1.82, 2.24) is 10.6 Å². The summed E-state index contributed by atoms with van der Waals surface area (Å²) in [6, 6.07) is 5.66. The normalized spacial score (nSPS) is 12.9. The van der Waals surface area contributed by atoms with Gasteiger partial charge in [0.25, 0.3) is 5.91 Å². The third-order valence-corrected chi connectivity index (χ3v) is 3.92. The van der Waals surface area contributed by atoms with Crippen LogP contribution in [-0.4, -0.2) is 35.8 Å². The molecular weight excluding hydrogens is 400 g/mol. The standard InChI is InChI=1S/C19H29BrN2O4/c1-12-8-9-15(14(20)10-12)25-13(2)16(23)22-19(6,7)11-21-17(24)26-18(3,4)5/h8-10,13H,11H2,1-7H3,(H,21,24)(H,22,23). The van der Waals surface area contributed by atoms with E-state index in [1.165, 1.54) is 0 Å². The van der Waals surface area contributed by atoms with Gasteiger partial charge in [0, 0.05) is 6.54 Å². The zero-order valence-electron chi connectivity index (χ0n) is 16.5. The van der Waals surface area contributed by atoms with Crippen LogP contribution in [0.5, 0.6) is 5.75 Å². The molecule has 0 aromatic heterocycles. The van der Waals surface area contributed by atoms with Gasteiger partial charge in [0.15, 0.2) is 6.10 Å². The predicted octanol–water partition coefficient (Wildman–Crippen LogP) is 3.94. The molecule has 1 rings (SSSR count). The summed E-state index contributed by atoms with van der Waals surface area (Å²) >= 11 is 3.43. The van der Waals surface area contributed by atoms with E-state index >= 15 is 0 Å². The molecule has 0 saturated heterocycles. The molecule has 1 unspecified atom stereocenters. The van der Waals surface area contributed by atoms with E-state index in [9.17, 15) is 9.59 Å². The van der Waals surface area contributed by atoms with Crippen LogP contribution in [-0.2, 0) is 9.53 Å². The second-order valence-corrected chi connectivity index (χ2v) is 8.78. The van der Waals surface area contributed by atoms with Gasteiger partial charge in [-0.1, -0.05) is 6.07 Å². The van der Waals surface area contributed by atoms with Crippen LogP contribution in [0.15, 0.2) is 22.7 Å². The fourth-order valence-electron chi connectivity index (χ4n) is 2.03. The lowest BCUT2D eigenvalue weighted by atomic mass is 10.1. The number of rotatable bonds is 6. The topological polar surface area (TPSA) is 76.7 Å². The molecule has 2 N–H and O–H groups in total. The van der Waals surface area contributed by atoms with E-state index in [2.05, 4.69) is 26.6 Å². The highest BCUT2D eigenvalue weighted by Crippen LogP contribution is 2.26. The van der Waals surface area contributed by atoms with Crippen molar-refractivity contribution in [1.29, 1.82) is 0 Å². The molecular formula is C19H29BrN2O4. The molecule has 1 aromatic carbocycles. The quantitative estimate of drug-likeness (QED) is 0.718. The zero-order chi connectivity index (χ0) is 20.1. The van der Waals surface area contributed by atoms with E-state index in [4.69, 9.17) is 9.47 Å². The monoisotopic (exact) mass is 428 g/mol. The summed E-state index contributed by atoms with van der Waals surface area (Å²) in [7, 11) is 0. The Morgan fingerprint density at radius 2 is 1.81 bits per heavy atom. The molecule has 0 aliphatic rings. The molecule has 0 spiro atoms. The first kappa shape index (κ1) is 22.3. The predicted molar refractivity (Wildman–Crippen MR) is 105 cm³/mol. The molecule has 0 heterocycles. The summed E-state index contributed by atoms with van der Waals surface area (Å²) in [6.45, 7) is 12.9. The smallest absolute Gasteiger partial charge is 0.407 e. The Balaban J connectivity index is 2.57. The average molecular weight is 429 g/mol. The minimum atomic E-state index is -0.685. The van der Waals surface area contributed by atoms with Crippen molar-refractivity contribution in [3.05, 3.63) is 28.2 Å². The van der Waals surface area contributed by atoms with Crippen molar-refractivity contribution in [2.24, 2.45) is 0 Å².